The first-order valence-electron chi connectivity index (χ1n) is 8.57. The van der Waals surface area contributed by atoms with E-state index in [4.69, 9.17) is 0 Å². The third-order valence-electron chi connectivity index (χ3n) is 4.25. The Morgan fingerprint density at radius 1 is 0.692 bits per heavy atom. The Labute approximate surface area is 154 Å². The van der Waals surface area contributed by atoms with Crippen molar-refractivity contribution in [1.82, 2.24) is 0 Å². The van der Waals surface area contributed by atoms with Crippen LogP contribution in [0.1, 0.15) is 13.3 Å². The average Bonchev–Trinajstić information content (AvgIpc) is 2.67. The predicted molar refractivity (Wildman–Crippen MR) is 112 cm³/mol. The van der Waals surface area contributed by atoms with Crippen molar-refractivity contribution in [2.24, 2.45) is 0 Å². The van der Waals surface area contributed by atoms with Gasteiger partial charge in [-0.15, -0.1) is 0 Å². The molecule has 0 saturated heterocycles. The third-order valence-corrected chi connectivity index (χ3v) is 8.26. The Balaban J connectivity index is 2.38. The van der Waals surface area contributed by atoms with Crippen molar-refractivity contribution in [3.8, 4) is 0 Å². The van der Waals surface area contributed by atoms with Crippen molar-refractivity contribution in [3.63, 3.8) is 0 Å². The number of benzene rings is 3. The first-order chi connectivity index (χ1) is 12.6. The normalized spacial score (nSPS) is 11.0. The standard InChI is InChI=1S/C23H21O2P/c1-19(24)17-20(25)18-26(21-11-5-2-6-12-21,22-13-7-3-8-14-22)23-15-9-4-10-16-23/h2-16,18H,17H2,1H3. The molecule has 3 rings (SSSR count). The van der Waals surface area contributed by atoms with Crippen LogP contribution in [-0.4, -0.2) is 17.4 Å². The molecule has 0 spiro atoms. The van der Waals surface area contributed by atoms with Crippen LogP contribution in [0.15, 0.2) is 91.0 Å². The van der Waals surface area contributed by atoms with E-state index in [9.17, 15) is 9.59 Å². The van der Waals surface area contributed by atoms with Crippen LogP contribution in [0.25, 0.3) is 0 Å². The highest BCUT2D eigenvalue weighted by Gasteiger charge is 2.26. The van der Waals surface area contributed by atoms with E-state index < -0.39 is 6.89 Å². The van der Waals surface area contributed by atoms with Gasteiger partial charge in [0.05, 0.1) is 6.42 Å². The number of ketones is 2. The fourth-order valence-corrected chi connectivity index (χ4v) is 6.96. The van der Waals surface area contributed by atoms with Crippen molar-refractivity contribution in [1.29, 1.82) is 0 Å². The summed E-state index contributed by atoms with van der Waals surface area (Å²) in [6.45, 7) is -0.835. The molecule has 0 atom stereocenters. The topological polar surface area (TPSA) is 34.1 Å². The van der Waals surface area contributed by atoms with E-state index in [0.29, 0.717) is 0 Å². The minimum atomic E-state index is -2.29. The highest BCUT2D eigenvalue weighted by Crippen LogP contribution is 2.43. The first-order valence-corrected chi connectivity index (χ1v) is 10.4. The summed E-state index contributed by atoms with van der Waals surface area (Å²) in [6, 6.07) is 30.4. The number of carbonyl (C=O) groups is 2. The van der Waals surface area contributed by atoms with Gasteiger partial charge < -0.3 is 0 Å². The predicted octanol–water partition coefficient (Wildman–Crippen LogP) is 3.33. The zero-order valence-corrected chi connectivity index (χ0v) is 15.6. The Morgan fingerprint density at radius 3 is 1.35 bits per heavy atom. The van der Waals surface area contributed by atoms with Crippen LogP contribution in [0.5, 0.6) is 0 Å². The second-order valence-corrected chi connectivity index (χ2v) is 9.46. The quantitative estimate of drug-likeness (QED) is 0.499. The van der Waals surface area contributed by atoms with Crippen LogP contribution in [0.4, 0.5) is 0 Å². The summed E-state index contributed by atoms with van der Waals surface area (Å²) in [5.41, 5.74) is 0. The molecule has 26 heavy (non-hydrogen) atoms. The molecule has 3 heteroatoms. The lowest BCUT2D eigenvalue weighted by Crippen LogP contribution is -2.28. The molecule has 0 heterocycles. The molecule has 130 valence electrons. The molecular weight excluding hydrogens is 339 g/mol. The van der Waals surface area contributed by atoms with Gasteiger partial charge in [0.2, 0.25) is 0 Å². The number of Topliss-reactive ketones (excluding diaryl/α,β-unsaturated/α-hetero) is 2. The molecule has 0 N–H and O–H groups in total. The molecule has 3 aromatic carbocycles. The summed E-state index contributed by atoms with van der Waals surface area (Å²) in [5.74, 6) is 1.58. The maximum atomic E-state index is 12.7. The maximum absolute atomic E-state index is 12.7. The SMILES string of the molecule is CC(=O)CC(=O)C=P(c1ccccc1)(c1ccccc1)c1ccccc1. The Kier molecular flexibility index (Phi) is 5.65. The Bertz CT molecular complexity index is 842. The van der Waals surface area contributed by atoms with E-state index in [1.807, 2.05) is 60.4 Å². The van der Waals surface area contributed by atoms with Gasteiger partial charge in [0.15, 0.2) is 5.78 Å². The zero-order valence-electron chi connectivity index (χ0n) is 14.7. The van der Waals surface area contributed by atoms with Crippen LogP contribution >= 0.6 is 6.89 Å². The van der Waals surface area contributed by atoms with Gasteiger partial charge in [-0.05, 0) is 35.5 Å². The van der Waals surface area contributed by atoms with E-state index in [1.165, 1.54) is 6.92 Å². The molecular formula is C23H21O2P. The zero-order chi connectivity index (χ0) is 18.4. The average molecular weight is 360 g/mol. The molecule has 0 aliphatic rings. The largest absolute Gasteiger partial charge is 0.300 e. The second-order valence-electron chi connectivity index (χ2n) is 6.20. The summed E-state index contributed by atoms with van der Waals surface area (Å²) in [4.78, 5) is 24.3. The Hall–Kier alpha value is -2.70. The van der Waals surface area contributed by atoms with Gasteiger partial charge in [0.25, 0.3) is 0 Å². The molecule has 0 amide bonds. The van der Waals surface area contributed by atoms with Gasteiger partial charge in [-0.25, -0.2) is 0 Å². The molecule has 0 aliphatic carbocycles. The molecule has 0 aromatic heterocycles. The smallest absolute Gasteiger partial charge is 0.164 e. The lowest BCUT2D eigenvalue weighted by molar-refractivity contribution is -0.122. The van der Waals surface area contributed by atoms with Crippen LogP contribution in [0.3, 0.4) is 0 Å². The fraction of sp³-hybridized carbons (Fsp3) is 0.0870. The Morgan fingerprint density at radius 2 is 1.04 bits per heavy atom. The third kappa shape index (κ3) is 3.76. The van der Waals surface area contributed by atoms with E-state index in [0.717, 1.165) is 15.9 Å². The van der Waals surface area contributed by atoms with Crippen LogP contribution in [0, 0.1) is 0 Å². The van der Waals surface area contributed by atoms with Gasteiger partial charge in [-0.1, -0.05) is 91.0 Å². The lowest BCUT2D eigenvalue weighted by Gasteiger charge is -2.28. The van der Waals surface area contributed by atoms with Crippen molar-refractivity contribution < 1.29 is 9.59 Å². The number of hydrogen-bond donors (Lipinski definition) is 0. The van der Waals surface area contributed by atoms with Crippen LogP contribution in [0.2, 0.25) is 0 Å². The summed E-state index contributed by atoms with van der Waals surface area (Å²) < 4.78 is 0. The van der Waals surface area contributed by atoms with E-state index in [1.54, 1.807) is 0 Å². The molecule has 3 aromatic rings. The van der Waals surface area contributed by atoms with E-state index in [-0.39, 0.29) is 18.0 Å². The molecule has 0 saturated carbocycles. The highest BCUT2D eigenvalue weighted by atomic mass is 31.2. The van der Waals surface area contributed by atoms with Gasteiger partial charge in [0, 0.05) is 0 Å². The van der Waals surface area contributed by atoms with E-state index in [2.05, 4.69) is 36.4 Å². The van der Waals surface area contributed by atoms with Crippen LogP contribution < -0.4 is 15.9 Å². The van der Waals surface area contributed by atoms with Gasteiger partial charge in [0.1, 0.15) is 5.78 Å². The number of hydrogen-bond acceptors (Lipinski definition) is 2. The van der Waals surface area contributed by atoms with E-state index >= 15 is 0 Å². The summed E-state index contributed by atoms with van der Waals surface area (Å²) in [7, 11) is 0. The van der Waals surface area contributed by atoms with Gasteiger partial charge in [-0.2, -0.15) is 0 Å². The van der Waals surface area contributed by atoms with Crippen molar-refractivity contribution >= 4 is 40.2 Å². The highest BCUT2D eigenvalue weighted by molar-refractivity contribution is 7.95. The summed E-state index contributed by atoms with van der Waals surface area (Å²) in [5, 5.41) is 3.32. The summed E-state index contributed by atoms with van der Waals surface area (Å²) >= 11 is 0. The molecule has 0 fully saturated rings. The molecule has 0 radical (unpaired) electrons. The minimum Gasteiger partial charge on any atom is -0.300 e. The molecule has 0 bridgehead atoms. The first kappa shape index (κ1) is 18.1. The number of rotatable bonds is 6. The van der Waals surface area contributed by atoms with Gasteiger partial charge >= 0.3 is 0 Å². The molecule has 2 nitrogen and oxygen atoms in total. The van der Waals surface area contributed by atoms with Gasteiger partial charge in [-0.3, -0.25) is 9.59 Å². The lowest BCUT2D eigenvalue weighted by atomic mass is 10.2. The van der Waals surface area contributed by atoms with Crippen molar-refractivity contribution in [2.45, 2.75) is 13.3 Å². The van der Waals surface area contributed by atoms with Crippen molar-refractivity contribution in [2.75, 3.05) is 0 Å². The number of carbonyl (C=O) groups excluding carboxylic acids is 2. The summed E-state index contributed by atoms with van der Waals surface area (Å²) in [6.07, 6.45) is -0.0613. The minimum absolute atomic E-state index is 0.0613. The monoisotopic (exact) mass is 360 g/mol. The second kappa shape index (κ2) is 8.12. The molecule has 0 unspecified atom stereocenters. The van der Waals surface area contributed by atoms with Crippen molar-refractivity contribution in [3.05, 3.63) is 91.0 Å². The maximum Gasteiger partial charge on any atom is 0.164 e. The molecule has 0 aliphatic heterocycles. The van der Waals surface area contributed by atoms with Crippen LogP contribution in [-0.2, 0) is 9.59 Å². The fourth-order valence-electron chi connectivity index (χ4n) is 3.17.